The van der Waals surface area contributed by atoms with Gasteiger partial charge in [0.05, 0.1) is 13.1 Å². The predicted molar refractivity (Wildman–Crippen MR) is 151 cm³/mol. The van der Waals surface area contributed by atoms with E-state index in [0.29, 0.717) is 22.7 Å². The lowest BCUT2D eigenvalue weighted by Gasteiger charge is -2.11. The Morgan fingerprint density at radius 3 is 1.38 bits per heavy atom. The number of rotatable bonds is 6. The number of hydrogen-bond donors (Lipinski definition) is 6. The standard InChI is InChI=1S/C26H26N8O2.ClH/c35-25(33-21-5-1-3-17(15-21)23-27-11-12-28-23)31-19-7-9-20(10-8-19)32-26(36)34-22-6-2-4-18(16-22)24-29-13-14-30-24;/h1-10,15-16H,11-14H2,(H,27,28)(H,29,30)(H2,31,33,35)(H2,32,34,36);1H. The van der Waals surface area contributed by atoms with Gasteiger partial charge >= 0.3 is 12.1 Å². The average Bonchev–Trinajstić information content (AvgIpc) is 3.61. The zero-order valence-corrected chi connectivity index (χ0v) is 20.7. The zero-order valence-electron chi connectivity index (χ0n) is 19.9. The van der Waals surface area contributed by atoms with E-state index >= 15 is 0 Å². The normalized spacial score (nSPS) is 13.7. The van der Waals surface area contributed by atoms with Crippen LogP contribution in [0.5, 0.6) is 0 Å². The molecule has 10 nitrogen and oxygen atoms in total. The van der Waals surface area contributed by atoms with Crippen molar-refractivity contribution >= 4 is 58.9 Å². The van der Waals surface area contributed by atoms with Crippen molar-refractivity contribution in [2.45, 2.75) is 0 Å². The first-order valence-electron chi connectivity index (χ1n) is 11.7. The zero-order chi connectivity index (χ0) is 24.7. The van der Waals surface area contributed by atoms with Gasteiger partial charge in [0, 0.05) is 47.0 Å². The van der Waals surface area contributed by atoms with Gasteiger partial charge in [-0.25, -0.2) is 9.59 Å². The summed E-state index contributed by atoms with van der Waals surface area (Å²) < 4.78 is 0. The van der Waals surface area contributed by atoms with E-state index in [9.17, 15) is 9.59 Å². The second-order valence-corrected chi connectivity index (χ2v) is 8.21. The van der Waals surface area contributed by atoms with Crippen LogP contribution in [0.3, 0.4) is 0 Å². The smallest absolute Gasteiger partial charge is 0.323 e. The molecular weight excluding hydrogens is 492 g/mol. The Labute approximate surface area is 220 Å². The summed E-state index contributed by atoms with van der Waals surface area (Å²) in [7, 11) is 0. The van der Waals surface area contributed by atoms with Gasteiger partial charge in [0.2, 0.25) is 0 Å². The molecule has 37 heavy (non-hydrogen) atoms. The van der Waals surface area contributed by atoms with Gasteiger partial charge in [-0.2, -0.15) is 0 Å². The molecule has 0 aromatic heterocycles. The van der Waals surface area contributed by atoms with Crippen molar-refractivity contribution < 1.29 is 9.59 Å². The monoisotopic (exact) mass is 518 g/mol. The number of hydrogen-bond acceptors (Lipinski definition) is 6. The summed E-state index contributed by atoms with van der Waals surface area (Å²) in [5, 5.41) is 17.7. The number of carbonyl (C=O) groups is 2. The van der Waals surface area contributed by atoms with Gasteiger partial charge in [0.1, 0.15) is 11.7 Å². The van der Waals surface area contributed by atoms with Gasteiger partial charge in [-0.1, -0.05) is 24.3 Å². The molecule has 2 aliphatic heterocycles. The molecule has 0 bridgehead atoms. The Balaban J connectivity index is 0.00000320. The molecule has 0 saturated carbocycles. The van der Waals surface area contributed by atoms with Crippen LogP contribution in [0.25, 0.3) is 0 Å². The van der Waals surface area contributed by atoms with E-state index in [4.69, 9.17) is 0 Å². The lowest BCUT2D eigenvalue weighted by Crippen LogP contribution is -2.22. The molecule has 3 aromatic carbocycles. The maximum atomic E-state index is 12.4. The summed E-state index contributed by atoms with van der Waals surface area (Å²) in [6, 6.07) is 21.1. The average molecular weight is 519 g/mol. The lowest BCUT2D eigenvalue weighted by molar-refractivity contribution is 0.261. The molecule has 190 valence electrons. The molecule has 3 aromatic rings. The summed E-state index contributed by atoms with van der Waals surface area (Å²) in [4.78, 5) is 33.7. The fraction of sp³-hybridized carbons (Fsp3) is 0.154. The van der Waals surface area contributed by atoms with Crippen molar-refractivity contribution in [3.8, 4) is 0 Å². The van der Waals surface area contributed by atoms with Crippen LogP contribution in [0.15, 0.2) is 82.8 Å². The highest BCUT2D eigenvalue weighted by atomic mass is 35.5. The highest BCUT2D eigenvalue weighted by molar-refractivity contribution is 6.04. The molecule has 2 aliphatic rings. The molecular formula is C26H27ClN8O2. The highest BCUT2D eigenvalue weighted by Crippen LogP contribution is 2.17. The fourth-order valence-electron chi connectivity index (χ4n) is 3.89. The minimum atomic E-state index is -0.367. The van der Waals surface area contributed by atoms with Crippen molar-refractivity contribution in [3.63, 3.8) is 0 Å². The first-order valence-corrected chi connectivity index (χ1v) is 11.7. The molecule has 0 spiro atoms. The Morgan fingerprint density at radius 1 is 0.595 bits per heavy atom. The topological polar surface area (TPSA) is 131 Å². The van der Waals surface area contributed by atoms with Gasteiger partial charge in [0.25, 0.3) is 0 Å². The summed E-state index contributed by atoms with van der Waals surface area (Å²) >= 11 is 0. The Kier molecular flexibility index (Phi) is 8.22. The second-order valence-electron chi connectivity index (χ2n) is 8.21. The van der Waals surface area contributed by atoms with Crippen LogP contribution in [0.2, 0.25) is 0 Å². The first-order chi connectivity index (χ1) is 17.6. The molecule has 0 atom stereocenters. The second kappa shape index (κ2) is 11.9. The lowest BCUT2D eigenvalue weighted by atomic mass is 10.2. The van der Waals surface area contributed by atoms with Crippen LogP contribution >= 0.6 is 12.4 Å². The van der Waals surface area contributed by atoms with Crippen LogP contribution in [0.4, 0.5) is 32.3 Å². The van der Waals surface area contributed by atoms with E-state index in [-0.39, 0.29) is 24.5 Å². The van der Waals surface area contributed by atoms with E-state index in [2.05, 4.69) is 41.9 Å². The van der Waals surface area contributed by atoms with E-state index in [1.807, 2.05) is 48.5 Å². The molecule has 5 rings (SSSR count). The Bertz CT molecular complexity index is 1240. The number of amides is 4. The summed E-state index contributed by atoms with van der Waals surface area (Å²) in [6.07, 6.45) is 0. The van der Waals surface area contributed by atoms with Gasteiger partial charge in [-0.05, 0) is 48.5 Å². The number of aliphatic imine (C=N–C) groups is 2. The number of nitrogens with one attached hydrogen (secondary N) is 6. The Hall–Kier alpha value is -4.57. The fourth-order valence-corrected chi connectivity index (χ4v) is 3.89. The minimum absolute atomic E-state index is 0. The minimum Gasteiger partial charge on any atom is -0.368 e. The number of urea groups is 2. The molecule has 0 radical (unpaired) electrons. The SMILES string of the molecule is Cl.O=C(Nc1ccc(NC(=O)Nc2cccc(C3=NCCN3)c2)cc1)Nc1cccc(C2=NCCN2)c1. The predicted octanol–water partition coefficient (Wildman–Crippen LogP) is 4.10. The third-order valence-corrected chi connectivity index (χ3v) is 5.54. The molecule has 4 amide bonds. The van der Waals surface area contributed by atoms with Crippen LogP contribution in [-0.4, -0.2) is 49.9 Å². The highest BCUT2D eigenvalue weighted by Gasteiger charge is 2.11. The number of amidine groups is 2. The van der Waals surface area contributed by atoms with E-state index in [1.54, 1.807) is 24.3 Å². The summed E-state index contributed by atoms with van der Waals surface area (Å²) in [6.45, 7) is 3.14. The molecule has 0 aliphatic carbocycles. The Morgan fingerprint density at radius 2 is 1.00 bits per heavy atom. The van der Waals surface area contributed by atoms with E-state index in [0.717, 1.165) is 49.0 Å². The molecule has 0 unspecified atom stereocenters. The third-order valence-electron chi connectivity index (χ3n) is 5.54. The van der Waals surface area contributed by atoms with Gasteiger partial charge < -0.3 is 31.9 Å². The van der Waals surface area contributed by atoms with Crippen LogP contribution in [-0.2, 0) is 0 Å². The number of nitrogens with zero attached hydrogens (tertiary/aromatic N) is 2. The number of anilines is 4. The quantitative estimate of drug-likeness (QED) is 0.293. The van der Waals surface area contributed by atoms with Gasteiger partial charge in [0.15, 0.2) is 0 Å². The first kappa shape index (κ1) is 25.5. The molecule has 11 heteroatoms. The van der Waals surface area contributed by atoms with Crippen LogP contribution in [0.1, 0.15) is 11.1 Å². The molecule has 0 saturated heterocycles. The van der Waals surface area contributed by atoms with Gasteiger partial charge in [-0.3, -0.25) is 9.98 Å². The van der Waals surface area contributed by atoms with Crippen molar-refractivity contribution in [2.75, 3.05) is 47.4 Å². The maximum absolute atomic E-state index is 12.4. The van der Waals surface area contributed by atoms with Crippen molar-refractivity contribution in [3.05, 3.63) is 83.9 Å². The van der Waals surface area contributed by atoms with Crippen molar-refractivity contribution in [2.24, 2.45) is 9.98 Å². The number of halogens is 1. The summed E-state index contributed by atoms with van der Waals surface area (Å²) in [5.41, 5.74) is 4.36. The van der Waals surface area contributed by atoms with Crippen LogP contribution in [0, 0.1) is 0 Å². The molecule has 6 N–H and O–H groups in total. The number of benzene rings is 3. The molecule has 0 fully saturated rings. The van der Waals surface area contributed by atoms with E-state index < -0.39 is 0 Å². The maximum Gasteiger partial charge on any atom is 0.323 e. The molecule has 2 heterocycles. The third kappa shape index (κ3) is 6.77. The van der Waals surface area contributed by atoms with Crippen molar-refractivity contribution in [1.82, 2.24) is 10.6 Å². The van der Waals surface area contributed by atoms with E-state index in [1.165, 1.54) is 0 Å². The van der Waals surface area contributed by atoms with Gasteiger partial charge in [-0.15, -0.1) is 12.4 Å². The van der Waals surface area contributed by atoms with Crippen LogP contribution < -0.4 is 31.9 Å². The number of carbonyl (C=O) groups excluding carboxylic acids is 2. The largest absolute Gasteiger partial charge is 0.368 e. The van der Waals surface area contributed by atoms with Crippen molar-refractivity contribution in [1.29, 1.82) is 0 Å². The summed E-state index contributed by atoms with van der Waals surface area (Å²) in [5.74, 6) is 1.67.